The number of nitrogens with zero attached hydrogens (tertiary/aromatic N) is 3. The first-order chi connectivity index (χ1) is 23.3. The first-order valence-corrected chi connectivity index (χ1v) is 16.5. The lowest BCUT2D eigenvalue weighted by atomic mass is 9.93. The summed E-state index contributed by atoms with van der Waals surface area (Å²) in [6.07, 6.45) is 1.89. The Bertz CT molecular complexity index is 2350. The Morgan fingerprint density at radius 1 is 0.875 bits per heavy atom. The van der Waals surface area contributed by atoms with Gasteiger partial charge in [-0.25, -0.2) is 14.2 Å². The fraction of sp³-hybridized carbons (Fsp3) is 0.125. The van der Waals surface area contributed by atoms with Crippen LogP contribution in [0.4, 0.5) is 4.39 Å². The van der Waals surface area contributed by atoms with Crippen LogP contribution >= 0.6 is 11.3 Å². The van der Waals surface area contributed by atoms with Crippen molar-refractivity contribution in [2.24, 2.45) is 4.99 Å². The van der Waals surface area contributed by atoms with Crippen LogP contribution in [0.15, 0.2) is 131 Å². The number of thiazole rings is 1. The molecule has 7 rings (SSSR count). The molecule has 1 aliphatic heterocycles. The van der Waals surface area contributed by atoms with Gasteiger partial charge in [0.05, 0.1) is 28.5 Å². The van der Waals surface area contributed by atoms with Gasteiger partial charge in [0, 0.05) is 22.6 Å². The largest absolute Gasteiger partial charge is 0.463 e. The van der Waals surface area contributed by atoms with Crippen molar-refractivity contribution in [3.63, 3.8) is 0 Å². The molecule has 6 nitrogen and oxygen atoms in total. The van der Waals surface area contributed by atoms with E-state index in [0.29, 0.717) is 26.2 Å². The summed E-state index contributed by atoms with van der Waals surface area (Å²) in [6, 6.07) is 35.1. The number of hydrogen-bond donors (Lipinski definition) is 0. The second-order valence-corrected chi connectivity index (χ2v) is 12.6. The lowest BCUT2D eigenvalue weighted by molar-refractivity contribution is -0.138. The quantitative estimate of drug-likeness (QED) is 0.172. The summed E-state index contributed by atoms with van der Waals surface area (Å²) in [7, 11) is 0. The van der Waals surface area contributed by atoms with Gasteiger partial charge in [-0.1, -0.05) is 96.3 Å². The second-order valence-electron chi connectivity index (χ2n) is 11.6. The molecule has 0 saturated heterocycles. The zero-order valence-corrected chi connectivity index (χ0v) is 27.5. The van der Waals surface area contributed by atoms with Crippen LogP contribution in [0.25, 0.3) is 28.6 Å². The van der Waals surface area contributed by atoms with E-state index in [1.54, 1.807) is 19.1 Å². The van der Waals surface area contributed by atoms with Crippen molar-refractivity contribution in [3.05, 3.63) is 174 Å². The Morgan fingerprint density at radius 3 is 2.15 bits per heavy atom. The first kappa shape index (κ1) is 31.0. The Morgan fingerprint density at radius 2 is 1.50 bits per heavy atom. The minimum atomic E-state index is -0.867. The third kappa shape index (κ3) is 5.65. The van der Waals surface area contributed by atoms with Gasteiger partial charge in [-0.05, 0) is 79.4 Å². The van der Waals surface area contributed by atoms with Crippen molar-refractivity contribution in [1.82, 2.24) is 9.13 Å². The van der Waals surface area contributed by atoms with Gasteiger partial charge in [-0.3, -0.25) is 9.36 Å². The summed E-state index contributed by atoms with van der Waals surface area (Å²) in [6.45, 7) is 5.96. The van der Waals surface area contributed by atoms with Crippen molar-refractivity contribution in [1.29, 1.82) is 0 Å². The van der Waals surface area contributed by atoms with Crippen molar-refractivity contribution in [2.45, 2.75) is 26.8 Å². The van der Waals surface area contributed by atoms with Gasteiger partial charge in [0.15, 0.2) is 4.80 Å². The number of rotatable bonds is 7. The summed E-state index contributed by atoms with van der Waals surface area (Å²) in [5.74, 6) is -0.994. The fourth-order valence-electron chi connectivity index (χ4n) is 6.31. The number of carbonyl (C=O) groups is 1. The molecule has 0 amide bonds. The Balaban J connectivity index is 1.38. The maximum atomic E-state index is 14.3. The lowest BCUT2D eigenvalue weighted by Crippen LogP contribution is -2.40. The molecule has 0 fully saturated rings. The maximum Gasteiger partial charge on any atom is 0.338 e. The monoisotopic (exact) mass is 653 g/mol. The number of ether oxygens (including phenoxy) is 1. The van der Waals surface area contributed by atoms with E-state index >= 15 is 0 Å². The number of fused-ring (bicyclic) bond motifs is 1. The normalized spacial score (nSPS) is 14.5. The molecule has 3 heterocycles. The zero-order valence-electron chi connectivity index (χ0n) is 26.7. The van der Waals surface area contributed by atoms with Crippen LogP contribution in [0.1, 0.15) is 41.0 Å². The van der Waals surface area contributed by atoms with Crippen LogP contribution in [-0.2, 0) is 9.53 Å². The van der Waals surface area contributed by atoms with Gasteiger partial charge in [0.2, 0.25) is 0 Å². The average Bonchev–Trinajstić information content (AvgIpc) is 3.58. The standard InChI is InChI=1S/C40H32FN3O3S/c1-4-47-39(46)35-36(29-13-9-6-10-14-29)42-40-44(37(35)30-15-19-32(41)20-16-30)38(45)34(48-40)24-31-23-25(2)43(26(31)3)33-21-17-28(18-22-33)27-11-7-5-8-12-27/h5-24,37H,4H2,1-3H3/b34-24-/t37-/m0/s1. The van der Waals surface area contributed by atoms with E-state index < -0.39 is 17.8 Å². The highest BCUT2D eigenvalue weighted by atomic mass is 32.1. The third-order valence-corrected chi connectivity index (χ3v) is 9.53. The van der Waals surface area contributed by atoms with Crippen LogP contribution in [0.3, 0.4) is 0 Å². The molecule has 0 radical (unpaired) electrons. The van der Waals surface area contributed by atoms with Crippen molar-refractivity contribution >= 4 is 29.1 Å². The highest BCUT2D eigenvalue weighted by Gasteiger charge is 2.35. The molecule has 0 N–H and O–H groups in total. The van der Waals surface area contributed by atoms with E-state index in [4.69, 9.17) is 9.73 Å². The third-order valence-electron chi connectivity index (χ3n) is 8.55. The van der Waals surface area contributed by atoms with E-state index in [2.05, 4.69) is 47.0 Å². The molecule has 0 bridgehead atoms. The Kier molecular flexibility index (Phi) is 8.33. The number of carbonyl (C=O) groups excluding carboxylic acids is 1. The van der Waals surface area contributed by atoms with Gasteiger partial charge >= 0.3 is 5.97 Å². The number of aryl methyl sites for hydroxylation is 1. The summed E-state index contributed by atoms with van der Waals surface area (Å²) in [5.41, 5.74) is 7.87. The van der Waals surface area contributed by atoms with Gasteiger partial charge in [-0.15, -0.1) is 0 Å². The number of esters is 1. The first-order valence-electron chi connectivity index (χ1n) is 15.7. The van der Waals surface area contributed by atoms with Crippen molar-refractivity contribution in [2.75, 3.05) is 6.61 Å². The summed E-state index contributed by atoms with van der Waals surface area (Å²) in [4.78, 5) is 33.3. The maximum absolute atomic E-state index is 14.3. The van der Waals surface area contributed by atoms with Crippen molar-refractivity contribution < 1.29 is 13.9 Å². The molecule has 0 saturated carbocycles. The van der Waals surface area contributed by atoms with Gasteiger partial charge < -0.3 is 9.30 Å². The average molecular weight is 654 g/mol. The van der Waals surface area contributed by atoms with Gasteiger partial charge in [0.1, 0.15) is 5.82 Å². The van der Waals surface area contributed by atoms with Crippen LogP contribution in [0.2, 0.25) is 0 Å². The minimum Gasteiger partial charge on any atom is -0.463 e. The second kappa shape index (κ2) is 12.9. The van der Waals surface area contributed by atoms with Crippen molar-refractivity contribution in [3.8, 4) is 16.8 Å². The smallest absolute Gasteiger partial charge is 0.338 e. The van der Waals surface area contributed by atoms with Gasteiger partial charge in [-0.2, -0.15) is 0 Å². The van der Waals surface area contributed by atoms with Crippen LogP contribution in [0.5, 0.6) is 0 Å². The van der Waals surface area contributed by atoms with Crippen LogP contribution < -0.4 is 14.9 Å². The number of benzene rings is 4. The Labute approximate surface area is 281 Å². The summed E-state index contributed by atoms with van der Waals surface area (Å²) < 4.78 is 23.8. The van der Waals surface area contributed by atoms with E-state index in [1.807, 2.05) is 68.5 Å². The Hall–Kier alpha value is -5.60. The SMILES string of the molecule is CCOC(=O)C1=C(c2ccccc2)N=c2s/c(=C\c3cc(C)n(-c4ccc(-c5ccccc5)cc4)c3C)c(=O)n2[C@H]1c1ccc(F)cc1. The summed E-state index contributed by atoms with van der Waals surface area (Å²) in [5, 5.41) is 0. The van der Waals surface area contributed by atoms with E-state index in [0.717, 1.165) is 33.8 Å². The molecule has 1 atom stereocenters. The fourth-order valence-corrected chi connectivity index (χ4v) is 7.30. The van der Waals surface area contributed by atoms with E-state index in [1.165, 1.54) is 28.0 Å². The molecule has 1 aliphatic rings. The molecule has 4 aromatic carbocycles. The number of aromatic nitrogens is 2. The predicted molar refractivity (Wildman–Crippen MR) is 188 cm³/mol. The topological polar surface area (TPSA) is 65.6 Å². The molecule has 6 aromatic rings. The molecular weight excluding hydrogens is 622 g/mol. The van der Waals surface area contributed by atoms with E-state index in [-0.39, 0.29) is 17.7 Å². The number of halogens is 1. The van der Waals surface area contributed by atoms with Gasteiger partial charge in [0.25, 0.3) is 5.56 Å². The molecular formula is C40H32FN3O3S. The predicted octanol–water partition coefficient (Wildman–Crippen LogP) is 7.15. The molecule has 2 aromatic heterocycles. The molecule has 0 unspecified atom stereocenters. The highest BCUT2D eigenvalue weighted by molar-refractivity contribution is 7.07. The summed E-state index contributed by atoms with van der Waals surface area (Å²) >= 11 is 1.26. The number of hydrogen-bond acceptors (Lipinski definition) is 5. The molecule has 0 aliphatic carbocycles. The minimum absolute atomic E-state index is 0.148. The van der Waals surface area contributed by atoms with Crippen LogP contribution in [-0.4, -0.2) is 21.7 Å². The molecule has 8 heteroatoms. The molecule has 238 valence electrons. The lowest BCUT2D eigenvalue weighted by Gasteiger charge is -2.25. The van der Waals surface area contributed by atoms with E-state index in [9.17, 15) is 14.0 Å². The molecule has 0 spiro atoms. The zero-order chi connectivity index (χ0) is 33.4. The molecule has 48 heavy (non-hydrogen) atoms. The van der Waals surface area contributed by atoms with Crippen LogP contribution in [0, 0.1) is 19.7 Å². The highest BCUT2D eigenvalue weighted by Crippen LogP contribution is 2.35.